The molecule has 84 heavy (non-hydrogen) atoms. The number of amides is 2. The Morgan fingerprint density at radius 1 is 0.798 bits per heavy atom. The largest absolute Gasteiger partial charge is 0.460 e. The lowest BCUT2D eigenvalue weighted by molar-refractivity contribution is -0.265. The van der Waals surface area contributed by atoms with Crippen LogP contribution in [0.4, 0.5) is 0 Å². The van der Waals surface area contributed by atoms with E-state index in [1.807, 2.05) is 65.0 Å². The first-order chi connectivity index (χ1) is 40.2. The van der Waals surface area contributed by atoms with Crippen molar-refractivity contribution in [1.29, 1.82) is 0 Å². The lowest BCUT2D eigenvalue weighted by atomic mass is 9.78. The zero-order valence-corrected chi connectivity index (χ0v) is 52.3. The number of methoxy groups -OCH3 is 3. The third-order valence-corrected chi connectivity index (χ3v) is 16.9. The summed E-state index contributed by atoms with van der Waals surface area (Å²) < 4.78 is 51.9. The number of piperidine rings is 1. The molecular weight excluding hydrogens is 1090 g/mol. The highest BCUT2D eigenvalue weighted by Crippen LogP contribution is 2.38. The molecular formula is C63H105N3O18. The summed E-state index contributed by atoms with van der Waals surface area (Å²) in [5, 5.41) is 54.1. The number of oxime groups is 1. The van der Waals surface area contributed by atoms with Crippen molar-refractivity contribution in [3.05, 3.63) is 47.6 Å². The van der Waals surface area contributed by atoms with Gasteiger partial charge in [0.05, 0.1) is 82.5 Å². The lowest BCUT2D eigenvalue weighted by Crippen LogP contribution is -2.61. The molecule has 16 atom stereocenters. The standard InChI is InChI=1S/C63H105N3O18/c1-12-78-28-29-80-32-33-81-31-30-79-27-25-64-56(69)40-82-65-57-45(6)34-41(2)18-14-13-15-19-42(3)53(75-9)38-49-23-21-47(8)63(74,84-49)60(71)61(72)66-26-17-16-20-50(66)62(73)83-54(44(5)36-48-22-24-51(67)55(37-48)76-10)39-52(68)43(4)35-46(7)58(70)59(57)77-11/h13-15,18-19,35,41,43-45,47-55,58-59,67-68,70,74H,12,16-17,20-34,36-40H2,1-11H3,(H,64,69)/b15-13+,18-14+,42-19+,46-35+,65-57?/t41-,43-,44-,45-,47-,48+,49+,50+,51-,52-,53+,54+,55-,58-,59+,63-/m1/s1. The highest BCUT2D eigenvalue weighted by molar-refractivity contribution is 6.39. The van der Waals surface area contributed by atoms with Crippen LogP contribution >= 0.6 is 0 Å². The maximum absolute atomic E-state index is 14.6. The van der Waals surface area contributed by atoms with Crippen molar-refractivity contribution in [2.75, 3.05) is 93.9 Å². The molecule has 2 saturated heterocycles. The number of Topliss-reactive ketones (excluding diaryl/α,β-unsaturated/α-hetero) is 1. The molecule has 0 aromatic rings. The average Bonchev–Trinajstić information content (AvgIpc) is 3.66. The van der Waals surface area contributed by atoms with E-state index in [0.29, 0.717) is 115 Å². The van der Waals surface area contributed by atoms with Crippen LogP contribution in [0.3, 0.4) is 0 Å². The third kappa shape index (κ3) is 23.3. The highest BCUT2D eigenvalue weighted by Gasteiger charge is 2.53. The third-order valence-electron chi connectivity index (χ3n) is 16.9. The molecule has 2 amide bonds. The number of nitrogens with zero attached hydrogens (tertiary/aromatic N) is 2. The monoisotopic (exact) mass is 1190 g/mol. The normalized spacial score (nSPS) is 35.2. The van der Waals surface area contributed by atoms with E-state index >= 15 is 0 Å². The summed E-state index contributed by atoms with van der Waals surface area (Å²) in [6, 6.07) is -1.14. The number of rotatable bonds is 22. The number of ether oxygens (including phenoxy) is 9. The van der Waals surface area contributed by atoms with Crippen LogP contribution in [0.2, 0.25) is 0 Å². The number of cyclic esters (lactones) is 1. The average molecular weight is 1190 g/mol. The Balaban J connectivity index is 1.63. The Hall–Kier alpha value is -3.97. The predicted molar refractivity (Wildman–Crippen MR) is 316 cm³/mol. The molecule has 21 nitrogen and oxygen atoms in total. The van der Waals surface area contributed by atoms with Gasteiger partial charge in [0, 0.05) is 71.6 Å². The number of allylic oxidation sites excluding steroid dienone is 5. The van der Waals surface area contributed by atoms with Gasteiger partial charge in [0.1, 0.15) is 24.4 Å². The Bertz CT molecular complexity index is 2140. The minimum Gasteiger partial charge on any atom is -0.460 e. The van der Waals surface area contributed by atoms with Gasteiger partial charge in [0.15, 0.2) is 6.61 Å². The molecule has 1 saturated carbocycles. The van der Waals surface area contributed by atoms with Crippen LogP contribution in [0.5, 0.6) is 0 Å². The Morgan fingerprint density at radius 2 is 1.49 bits per heavy atom. The fourth-order valence-electron chi connectivity index (χ4n) is 11.7. The van der Waals surface area contributed by atoms with Crippen LogP contribution in [0.15, 0.2) is 52.8 Å². The molecule has 5 N–H and O–H groups in total. The summed E-state index contributed by atoms with van der Waals surface area (Å²) >= 11 is 0. The van der Waals surface area contributed by atoms with E-state index in [1.165, 1.54) is 12.0 Å². The Kier molecular flexibility index (Phi) is 33.1. The smallest absolute Gasteiger partial charge is 0.329 e. The van der Waals surface area contributed by atoms with Crippen molar-refractivity contribution in [3.63, 3.8) is 0 Å². The Morgan fingerprint density at radius 3 is 2.15 bits per heavy atom. The summed E-state index contributed by atoms with van der Waals surface area (Å²) in [4.78, 5) is 63.2. The SMILES string of the molecule is CCOCCOCCOCCOCCNC(=O)CON=C1[C@H](C)C[C@H](C)/C=C/C=C/C=C(\C)[C@@H](OC)C[C@@H]2CC[C@@H](C)[C@@](O)(O2)C(=O)C(=O)N2CCCC[C@H]2C(=O)O[C@H]([C@H](C)C[C@@H]2CC[C@@H](O)[C@H](OC)C2)C[C@@H](O)[C@H](C)/C=C(\C)[C@@H](O)[C@H]1OC. The lowest BCUT2D eigenvalue weighted by Gasteiger charge is -2.43. The minimum absolute atomic E-state index is 0.00712. The Labute approximate surface area is 500 Å². The molecule has 4 aliphatic rings. The van der Waals surface area contributed by atoms with Gasteiger partial charge in [-0.2, -0.15) is 0 Å². The number of hydrogen-bond acceptors (Lipinski definition) is 19. The van der Waals surface area contributed by atoms with Gasteiger partial charge < -0.3 is 78.1 Å². The summed E-state index contributed by atoms with van der Waals surface area (Å²) in [5.41, 5.74) is 1.69. The van der Waals surface area contributed by atoms with Crippen molar-refractivity contribution in [2.45, 2.75) is 193 Å². The molecule has 0 unspecified atom stereocenters. The van der Waals surface area contributed by atoms with E-state index in [2.05, 4.69) is 10.5 Å². The second kappa shape index (κ2) is 38.3. The summed E-state index contributed by atoms with van der Waals surface area (Å²) in [6.45, 7) is 18.5. The van der Waals surface area contributed by atoms with Gasteiger partial charge in [0.2, 0.25) is 5.79 Å². The minimum atomic E-state index is -2.44. The molecule has 0 aromatic carbocycles. The number of fused-ring (bicyclic) bond motifs is 3. The zero-order valence-electron chi connectivity index (χ0n) is 52.3. The topological polar surface area (TPSA) is 269 Å². The quantitative estimate of drug-likeness (QED) is 0.0274. The molecule has 1 aliphatic carbocycles. The number of carbonyl (C=O) groups excluding carboxylic acids is 4. The molecule has 4 rings (SSSR count). The van der Waals surface area contributed by atoms with Gasteiger partial charge in [-0.1, -0.05) is 76.2 Å². The molecule has 21 heteroatoms. The summed E-state index contributed by atoms with van der Waals surface area (Å²) in [7, 11) is 4.61. The van der Waals surface area contributed by atoms with Crippen molar-refractivity contribution >= 4 is 29.3 Å². The van der Waals surface area contributed by atoms with Crippen LogP contribution in [0.1, 0.15) is 132 Å². The molecule has 2 bridgehead atoms. The van der Waals surface area contributed by atoms with E-state index in [1.54, 1.807) is 41.1 Å². The molecule has 3 fully saturated rings. The van der Waals surface area contributed by atoms with Crippen LogP contribution < -0.4 is 5.32 Å². The molecule has 0 aromatic heterocycles. The van der Waals surface area contributed by atoms with E-state index in [4.69, 9.17) is 47.5 Å². The van der Waals surface area contributed by atoms with Gasteiger partial charge in [-0.3, -0.25) is 14.4 Å². The second-order valence-electron chi connectivity index (χ2n) is 23.6. The van der Waals surface area contributed by atoms with Crippen LogP contribution in [0, 0.1) is 35.5 Å². The van der Waals surface area contributed by atoms with E-state index in [9.17, 15) is 39.6 Å². The van der Waals surface area contributed by atoms with Gasteiger partial charge in [0.25, 0.3) is 17.6 Å². The molecule has 0 radical (unpaired) electrons. The number of hydrogen-bond donors (Lipinski definition) is 5. The van der Waals surface area contributed by atoms with Gasteiger partial charge in [-0.15, -0.1) is 0 Å². The summed E-state index contributed by atoms with van der Waals surface area (Å²) in [6.07, 6.45) is 10.6. The first kappa shape index (κ1) is 72.5. The van der Waals surface area contributed by atoms with Crippen molar-refractivity contribution in [3.8, 4) is 0 Å². The number of nitrogens with one attached hydrogen (secondary N) is 1. The molecule has 480 valence electrons. The van der Waals surface area contributed by atoms with E-state index in [0.717, 1.165) is 12.0 Å². The fraction of sp³-hybridized carbons (Fsp3) is 0.794. The van der Waals surface area contributed by atoms with Gasteiger partial charge in [-0.25, -0.2) is 4.79 Å². The van der Waals surface area contributed by atoms with Crippen LogP contribution in [-0.4, -0.2) is 209 Å². The maximum Gasteiger partial charge on any atom is 0.329 e. The number of carbonyl (C=O) groups is 4. The van der Waals surface area contributed by atoms with Crippen LogP contribution in [-0.2, 0) is 66.6 Å². The number of aliphatic hydroxyl groups excluding tert-OH is 3. The number of aliphatic hydroxyl groups is 4. The van der Waals surface area contributed by atoms with Crippen LogP contribution in [0.25, 0.3) is 0 Å². The van der Waals surface area contributed by atoms with Crippen molar-refractivity contribution in [1.82, 2.24) is 10.2 Å². The van der Waals surface area contributed by atoms with E-state index < -0.39 is 96.6 Å². The van der Waals surface area contributed by atoms with Gasteiger partial charge >= 0.3 is 5.97 Å². The van der Waals surface area contributed by atoms with E-state index in [-0.39, 0.29) is 62.3 Å². The zero-order chi connectivity index (χ0) is 61.8. The first-order valence-corrected chi connectivity index (χ1v) is 30.7. The molecule has 0 spiro atoms. The number of esters is 1. The predicted octanol–water partition coefficient (Wildman–Crippen LogP) is 5.98. The second-order valence-corrected chi connectivity index (χ2v) is 23.6. The molecule has 3 aliphatic heterocycles. The first-order valence-electron chi connectivity index (χ1n) is 30.7. The fourth-order valence-corrected chi connectivity index (χ4v) is 11.7. The maximum atomic E-state index is 14.6. The summed E-state index contributed by atoms with van der Waals surface area (Å²) in [5.74, 6) is -7.61. The number of ketones is 1. The van der Waals surface area contributed by atoms with Crippen molar-refractivity contribution in [2.24, 2.45) is 40.7 Å². The molecule has 3 heterocycles. The van der Waals surface area contributed by atoms with Gasteiger partial charge in [-0.05, 0) is 114 Å². The highest BCUT2D eigenvalue weighted by atomic mass is 16.6. The van der Waals surface area contributed by atoms with Crippen molar-refractivity contribution < 1.29 is 87.1 Å².